The molecule has 0 saturated carbocycles. The third kappa shape index (κ3) is 3.53. The van der Waals surface area contributed by atoms with Crippen molar-refractivity contribution < 1.29 is 0 Å². The molecule has 2 rings (SSSR count). The Labute approximate surface area is 124 Å². The summed E-state index contributed by atoms with van der Waals surface area (Å²) in [5, 5.41) is 3.60. The van der Waals surface area contributed by atoms with E-state index >= 15 is 0 Å². The Morgan fingerprint density at radius 1 is 1.25 bits per heavy atom. The van der Waals surface area contributed by atoms with E-state index in [1.807, 2.05) is 0 Å². The van der Waals surface area contributed by atoms with E-state index in [-0.39, 0.29) is 0 Å². The predicted molar refractivity (Wildman–Crippen MR) is 87.4 cm³/mol. The van der Waals surface area contributed by atoms with Crippen LogP contribution in [0.4, 0.5) is 5.69 Å². The van der Waals surface area contributed by atoms with E-state index in [1.165, 1.54) is 24.2 Å². The average molecular weight is 275 g/mol. The predicted octanol–water partition coefficient (Wildman–Crippen LogP) is 2.74. The highest BCUT2D eigenvalue weighted by molar-refractivity contribution is 5.46. The molecule has 1 N–H and O–H groups in total. The van der Waals surface area contributed by atoms with Crippen LogP contribution in [0.3, 0.4) is 0 Å². The maximum atomic E-state index is 3.60. The highest BCUT2D eigenvalue weighted by Gasteiger charge is 2.32. The summed E-state index contributed by atoms with van der Waals surface area (Å²) in [6.07, 6.45) is 1.29. The van der Waals surface area contributed by atoms with Gasteiger partial charge < -0.3 is 10.2 Å². The number of hydrogen-bond donors (Lipinski definition) is 1. The normalized spacial score (nSPS) is 23.5. The molecule has 0 aromatic heterocycles. The number of nitrogens with one attached hydrogen (secondary N) is 1. The lowest BCUT2D eigenvalue weighted by atomic mass is 9.93. The molecule has 1 saturated heterocycles. The van der Waals surface area contributed by atoms with Crippen LogP contribution in [0.15, 0.2) is 24.3 Å². The molecule has 2 atom stereocenters. The van der Waals surface area contributed by atoms with Crippen molar-refractivity contribution >= 4 is 5.69 Å². The van der Waals surface area contributed by atoms with Gasteiger partial charge in [0.05, 0.1) is 0 Å². The lowest BCUT2D eigenvalue weighted by Crippen LogP contribution is -2.32. The molecule has 0 amide bonds. The SMILES string of the molecule is CC(C)NCC1CCN(C)C1c1ccc(N(C)C)cc1. The topological polar surface area (TPSA) is 18.5 Å². The summed E-state index contributed by atoms with van der Waals surface area (Å²) in [5.41, 5.74) is 2.72. The van der Waals surface area contributed by atoms with Crippen molar-refractivity contribution in [1.29, 1.82) is 0 Å². The summed E-state index contributed by atoms with van der Waals surface area (Å²) >= 11 is 0. The van der Waals surface area contributed by atoms with Crippen LogP contribution in [0.1, 0.15) is 31.9 Å². The van der Waals surface area contributed by atoms with Crippen molar-refractivity contribution in [3.05, 3.63) is 29.8 Å². The molecule has 1 aliphatic rings. The van der Waals surface area contributed by atoms with Crippen LogP contribution in [0, 0.1) is 5.92 Å². The van der Waals surface area contributed by atoms with E-state index in [1.54, 1.807) is 0 Å². The molecule has 0 radical (unpaired) electrons. The number of anilines is 1. The lowest BCUT2D eigenvalue weighted by molar-refractivity contribution is 0.269. The third-order valence-electron chi connectivity index (χ3n) is 4.31. The van der Waals surface area contributed by atoms with Gasteiger partial charge in [0.2, 0.25) is 0 Å². The minimum atomic E-state index is 0.553. The Hall–Kier alpha value is -1.06. The van der Waals surface area contributed by atoms with Crippen LogP contribution < -0.4 is 10.2 Å². The molecule has 3 nitrogen and oxygen atoms in total. The van der Waals surface area contributed by atoms with Gasteiger partial charge >= 0.3 is 0 Å². The Morgan fingerprint density at radius 2 is 1.90 bits per heavy atom. The van der Waals surface area contributed by atoms with Gasteiger partial charge in [-0.05, 0) is 43.6 Å². The van der Waals surface area contributed by atoms with Crippen LogP contribution in [-0.4, -0.2) is 45.2 Å². The van der Waals surface area contributed by atoms with Gasteiger partial charge in [-0.15, -0.1) is 0 Å². The Kier molecular flexibility index (Phi) is 5.06. The zero-order chi connectivity index (χ0) is 14.7. The van der Waals surface area contributed by atoms with Crippen molar-refractivity contribution in [2.45, 2.75) is 32.4 Å². The molecule has 0 bridgehead atoms. The Bertz CT molecular complexity index is 411. The molecule has 0 spiro atoms. The van der Waals surface area contributed by atoms with Gasteiger partial charge in [-0.25, -0.2) is 0 Å². The van der Waals surface area contributed by atoms with Crippen molar-refractivity contribution in [3.63, 3.8) is 0 Å². The van der Waals surface area contributed by atoms with Crippen molar-refractivity contribution in [2.24, 2.45) is 5.92 Å². The number of rotatable bonds is 5. The summed E-state index contributed by atoms with van der Waals surface area (Å²) in [6, 6.07) is 10.2. The highest BCUT2D eigenvalue weighted by Crippen LogP contribution is 2.36. The molecular weight excluding hydrogens is 246 g/mol. The fraction of sp³-hybridized carbons (Fsp3) is 0.647. The van der Waals surface area contributed by atoms with E-state index in [0.717, 1.165) is 6.54 Å². The second kappa shape index (κ2) is 6.59. The van der Waals surface area contributed by atoms with Crippen LogP contribution in [-0.2, 0) is 0 Å². The number of benzene rings is 1. The van der Waals surface area contributed by atoms with Gasteiger partial charge in [-0.1, -0.05) is 26.0 Å². The Morgan fingerprint density at radius 3 is 2.45 bits per heavy atom. The van der Waals surface area contributed by atoms with E-state index < -0.39 is 0 Å². The fourth-order valence-electron chi connectivity index (χ4n) is 3.12. The maximum absolute atomic E-state index is 3.60. The molecule has 1 aromatic carbocycles. The number of nitrogens with zero attached hydrogens (tertiary/aromatic N) is 2. The molecule has 1 aliphatic heterocycles. The summed E-state index contributed by atoms with van der Waals surface area (Å²) in [5.74, 6) is 0.715. The zero-order valence-corrected chi connectivity index (χ0v) is 13.6. The monoisotopic (exact) mass is 275 g/mol. The minimum Gasteiger partial charge on any atom is -0.378 e. The first-order valence-electron chi connectivity index (χ1n) is 7.70. The second-order valence-corrected chi connectivity index (χ2v) is 6.52. The van der Waals surface area contributed by atoms with Gasteiger partial charge in [0.1, 0.15) is 0 Å². The fourth-order valence-corrected chi connectivity index (χ4v) is 3.12. The number of hydrogen-bond acceptors (Lipinski definition) is 3. The van der Waals surface area contributed by atoms with E-state index in [9.17, 15) is 0 Å². The molecule has 0 aliphatic carbocycles. The van der Waals surface area contributed by atoms with Crippen LogP contribution in [0.5, 0.6) is 0 Å². The van der Waals surface area contributed by atoms with Gasteiger partial charge in [0.25, 0.3) is 0 Å². The summed E-state index contributed by atoms with van der Waals surface area (Å²) < 4.78 is 0. The second-order valence-electron chi connectivity index (χ2n) is 6.52. The van der Waals surface area contributed by atoms with Crippen molar-refractivity contribution in [2.75, 3.05) is 39.1 Å². The van der Waals surface area contributed by atoms with E-state index in [0.29, 0.717) is 18.0 Å². The molecule has 3 heteroatoms. The largest absolute Gasteiger partial charge is 0.378 e. The van der Waals surface area contributed by atoms with Gasteiger partial charge in [0.15, 0.2) is 0 Å². The minimum absolute atomic E-state index is 0.553. The molecule has 20 heavy (non-hydrogen) atoms. The van der Waals surface area contributed by atoms with Gasteiger partial charge in [-0.2, -0.15) is 0 Å². The van der Waals surface area contributed by atoms with Gasteiger partial charge in [0, 0.05) is 38.4 Å². The van der Waals surface area contributed by atoms with Crippen LogP contribution >= 0.6 is 0 Å². The standard InChI is InChI=1S/C17H29N3/c1-13(2)18-12-15-10-11-20(5)17(15)14-6-8-16(9-7-14)19(3)4/h6-9,13,15,17-18H,10-12H2,1-5H3. The zero-order valence-electron chi connectivity index (χ0n) is 13.6. The molecule has 112 valence electrons. The molecule has 1 fully saturated rings. The van der Waals surface area contributed by atoms with E-state index in [4.69, 9.17) is 0 Å². The maximum Gasteiger partial charge on any atom is 0.0385 e. The quantitative estimate of drug-likeness (QED) is 0.891. The Balaban J connectivity index is 2.10. The first-order chi connectivity index (χ1) is 9.49. The lowest BCUT2D eigenvalue weighted by Gasteiger charge is -2.27. The number of likely N-dealkylation sites (tertiary alicyclic amines) is 1. The first-order valence-corrected chi connectivity index (χ1v) is 7.70. The summed E-state index contributed by atoms with van der Waals surface area (Å²) in [7, 11) is 6.43. The first kappa shape index (κ1) is 15.3. The van der Waals surface area contributed by atoms with Crippen LogP contribution in [0.25, 0.3) is 0 Å². The molecule has 2 unspecified atom stereocenters. The van der Waals surface area contributed by atoms with Gasteiger partial charge in [-0.3, -0.25) is 4.90 Å². The summed E-state index contributed by atoms with van der Waals surface area (Å²) in [6.45, 7) is 6.76. The average Bonchev–Trinajstić information content (AvgIpc) is 2.77. The summed E-state index contributed by atoms with van der Waals surface area (Å²) in [4.78, 5) is 4.65. The smallest absolute Gasteiger partial charge is 0.0385 e. The van der Waals surface area contributed by atoms with Crippen molar-refractivity contribution in [1.82, 2.24) is 10.2 Å². The van der Waals surface area contributed by atoms with Crippen LogP contribution in [0.2, 0.25) is 0 Å². The molecular formula is C17H29N3. The van der Waals surface area contributed by atoms with Crippen molar-refractivity contribution in [3.8, 4) is 0 Å². The highest BCUT2D eigenvalue weighted by atomic mass is 15.2. The molecule has 1 aromatic rings. The van der Waals surface area contributed by atoms with E-state index in [2.05, 4.69) is 74.4 Å². The molecule has 1 heterocycles. The third-order valence-corrected chi connectivity index (χ3v) is 4.31.